The van der Waals surface area contributed by atoms with Crippen LogP contribution in [0.1, 0.15) is 45.7 Å². The van der Waals surface area contributed by atoms with Crippen molar-refractivity contribution >= 4 is 0 Å². The molecule has 0 aliphatic carbocycles. The fourth-order valence-electron chi connectivity index (χ4n) is 3.34. The van der Waals surface area contributed by atoms with Gasteiger partial charge in [-0.2, -0.15) is 5.10 Å². The number of aryl methyl sites for hydroxylation is 1. The molecule has 0 radical (unpaired) electrons. The monoisotopic (exact) mass is 294 g/mol. The Balaban J connectivity index is 2.03. The largest absolute Gasteiger partial charge is 0.368 e. The number of aromatic nitrogens is 2. The molecule has 1 aromatic rings. The van der Waals surface area contributed by atoms with Crippen LogP contribution in [0.5, 0.6) is 0 Å². The molecular formula is C16H30N4O. The Labute approximate surface area is 128 Å². The summed E-state index contributed by atoms with van der Waals surface area (Å²) in [6.45, 7) is 9.58. The highest BCUT2D eigenvalue weighted by Gasteiger charge is 2.45. The third kappa shape index (κ3) is 3.84. The summed E-state index contributed by atoms with van der Waals surface area (Å²) in [4.78, 5) is 2.23. The van der Waals surface area contributed by atoms with E-state index in [1.807, 2.05) is 17.9 Å². The molecule has 2 rings (SSSR count). The van der Waals surface area contributed by atoms with E-state index in [4.69, 9.17) is 4.74 Å². The number of nitrogens with zero attached hydrogens (tertiary/aromatic N) is 3. The molecule has 2 heterocycles. The molecule has 0 amide bonds. The third-order valence-corrected chi connectivity index (χ3v) is 4.36. The van der Waals surface area contributed by atoms with E-state index in [0.29, 0.717) is 12.1 Å². The molecule has 0 aromatic carbocycles. The fourth-order valence-corrected chi connectivity index (χ4v) is 3.34. The predicted molar refractivity (Wildman–Crippen MR) is 85.3 cm³/mol. The van der Waals surface area contributed by atoms with Gasteiger partial charge in [0.05, 0.1) is 17.4 Å². The Morgan fingerprint density at radius 1 is 1.43 bits per heavy atom. The van der Waals surface area contributed by atoms with Crippen LogP contribution in [-0.4, -0.2) is 52.6 Å². The second-order valence-corrected chi connectivity index (χ2v) is 7.56. The first-order valence-corrected chi connectivity index (χ1v) is 7.69. The van der Waals surface area contributed by atoms with Gasteiger partial charge in [0.15, 0.2) is 0 Å². The lowest BCUT2D eigenvalue weighted by Crippen LogP contribution is -2.46. The van der Waals surface area contributed by atoms with E-state index < -0.39 is 0 Å². The van der Waals surface area contributed by atoms with Crippen LogP contribution in [0, 0.1) is 0 Å². The van der Waals surface area contributed by atoms with Crippen molar-refractivity contribution in [3.8, 4) is 0 Å². The van der Waals surface area contributed by atoms with E-state index >= 15 is 0 Å². The highest BCUT2D eigenvalue weighted by atomic mass is 16.5. The Kier molecular flexibility index (Phi) is 4.47. The number of rotatable bonds is 5. The average Bonchev–Trinajstić information content (AvgIpc) is 2.80. The maximum atomic E-state index is 6.16. The van der Waals surface area contributed by atoms with Crippen molar-refractivity contribution < 1.29 is 4.74 Å². The molecule has 0 spiro atoms. The number of hydrogen-bond acceptors (Lipinski definition) is 4. The van der Waals surface area contributed by atoms with Crippen molar-refractivity contribution in [2.75, 3.05) is 20.6 Å². The van der Waals surface area contributed by atoms with E-state index in [2.05, 4.69) is 63.3 Å². The number of nitrogens with one attached hydrogen (secondary N) is 1. The molecule has 5 nitrogen and oxygen atoms in total. The van der Waals surface area contributed by atoms with Gasteiger partial charge in [-0.1, -0.05) is 0 Å². The van der Waals surface area contributed by atoms with Crippen molar-refractivity contribution in [1.82, 2.24) is 20.0 Å². The van der Waals surface area contributed by atoms with Crippen molar-refractivity contribution in [3.05, 3.63) is 18.0 Å². The van der Waals surface area contributed by atoms with Crippen LogP contribution in [-0.2, 0) is 11.8 Å². The molecule has 0 saturated carbocycles. The molecular weight excluding hydrogens is 264 g/mol. The SMILES string of the molecule is CN(C)[C@H](CN[C@H]1CC(C)(C)OC1(C)C)c1cnn(C)c1. The summed E-state index contributed by atoms with van der Waals surface area (Å²) in [5.74, 6) is 0. The van der Waals surface area contributed by atoms with Gasteiger partial charge in [-0.3, -0.25) is 4.68 Å². The van der Waals surface area contributed by atoms with Gasteiger partial charge in [-0.15, -0.1) is 0 Å². The third-order valence-electron chi connectivity index (χ3n) is 4.36. The maximum absolute atomic E-state index is 6.16. The summed E-state index contributed by atoms with van der Waals surface area (Å²) in [7, 11) is 6.18. The lowest BCUT2D eigenvalue weighted by molar-refractivity contribution is -0.0700. The molecule has 1 saturated heterocycles. The van der Waals surface area contributed by atoms with Gasteiger partial charge in [0, 0.05) is 37.4 Å². The lowest BCUT2D eigenvalue weighted by Gasteiger charge is -2.30. The second-order valence-electron chi connectivity index (χ2n) is 7.56. The molecule has 2 atom stereocenters. The highest BCUT2D eigenvalue weighted by molar-refractivity contribution is 5.11. The molecule has 1 N–H and O–H groups in total. The summed E-state index contributed by atoms with van der Waals surface area (Å²) in [5.41, 5.74) is 1.06. The summed E-state index contributed by atoms with van der Waals surface area (Å²) in [6.07, 6.45) is 5.08. The first kappa shape index (κ1) is 16.5. The van der Waals surface area contributed by atoms with E-state index in [1.165, 1.54) is 5.56 Å². The molecule has 0 unspecified atom stereocenters. The van der Waals surface area contributed by atoms with Crippen LogP contribution < -0.4 is 5.32 Å². The molecule has 0 bridgehead atoms. The standard InChI is InChI=1S/C16H30N4O/c1-15(2)8-14(16(3,4)21-15)17-10-13(19(5)6)12-9-18-20(7)11-12/h9,11,13-14,17H,8,10H2,1-7H3/t13-,14+/m1/s1. The van der Waals surface area contributed by atoms with Crippen LogP contribution in [0.25, 0.3) is 0 Å². The van der Waals surface area contributed by atoms with Gasteiger partial charge in [0.2, 0.25) is 0 Å². The lowest BCUT2D eigenvalue weighted by atomic mass is 9.94. The predicted octanol–water partition coefficient (Wildman–Crippen LogP) is 1.96. The Hall–Kier alpha value is -0.910. The van der Waals surface area contributed by atoms with Gasteiger partial charge >= 0.3 is 0 Å². The highest BCUT2D eigenvalue weighted by Crippen LogP contribution is 2.37. The van der Waals surface area contributed by atoms with E-state index in [9.17, 15) is 0 Å². The average molecular weight is 294 g/mol. The van der Waals surface area contributed by atoms with Crippen LogP contribution >= 0.6 is 0 Å². The molecule has 1 aliphatic rings. The summed E-state index contributed by atoms with van der Waals surface area (Å²) in [6, 6.07) is 0.685. The van der Waals surface area contributed by atoms with Crippen LogP contribution in [0.4, 0.5) is 0 Å². The van der Waals surface area contributed by atoms with Gasteiger partial charge < -0.3 is 15.0 Å². The topological polar surface area (TPSA) is 42.3 Å². The summed E-state index contributed by atoms with van der Waals surface area (Å²) >= 11 is 0. The van der Waals surface area contributed by atoms with E-state index in [-0.39, 0.29) is 11.2 Å². The first-order valence-electron chi connectivity index (χ1n) is 7.69. The van der Waals surface area contributed by atoms with Gasteiger partial charge in [0.25, 0.3) is 0 Å². The molecule has 21 heavy (non-hydrogen) atoms. The van der Waals surface area contributed by atoms with Crippen LogP contribution in [0.15, 0.2) is 12.4 Å². The van der Waals surface area contributed by atoms with Crippen molar-refractivity contribution in [2.24, 2.45) is 7.05 Å². The second kappa shape index (κ2) is 5.71. The van der Waals surface area contributed by atoms with Crippen molar-refractivity contribution in [3.63, 3.8) is 0 Å². The van der Waals surface area contributed by atoms with Crippen molar-refractivity contribution in [1.29, 1.82) is 0 Å². The van der Waals surface area contributed by atoms with E-state index in [1.54, 1.807) is 0 Å². The minimum Gasteiger partial charge on any atom is -0.368 e. The summed E-state index contributed by atoms with van der Waals surface area (Å²) < 4.78 is 8.02. The quantitative estimate of drug-likeness (QED) is 0.901. The Morgan fingerprint density at radius 2 is 2.10 bits per heavy atom. The molecule has 1 aromatic heterocycles. The van der Waals surface area contributed by atoms with Crippen LogP contribution in [0.2, 0.25) is 0 Å². The number of hydrogen-bond donors (Lipinski definition) is 1. The molecule has 1 fully saturated rings. The van der Waals surface area contributed by atoms with Gasteiger partial charge in [-0.25, -0.2) is 0 Å². The number of ether oxygens (including phenoxy) is 1. The minimum atomic E-state index is -0.130. The fraction of sp³-hybridized carbons (Fsp3) is 0.812. The van der Waals surface area contributed by atoms with Crippen LogP contribution in [0.3, 0.4) is 0 Å². The Morgan fingerprint density at radius 3 is 2.52 bits per heavy atom. The molecule has 1 aliphatic heterocycles. The van der Waals surface area contributed by atoms with Gasteiger partial charge in [0.1, 0.15) is 0 Å². The van der Waals surface area contributed by atoms with Crippen molar-refractivity contribution in [2.45, 2.75) is 57.4 Å². The van der Waals surface area contributed by atoms with E-state index in [0.717, 1.165) is 13.0 Å². The van der Waals surface area contributed by atoms with Gasteiger partial charge in [-0.05, 0) is 48.2 Å². The first-order chi connectivity index (χ1) is 9.61. The maximum Gasteiger partial charge on any atom is 0.0787 e. The normalized spacial score (nSPS) is 25.4. The zero-order chi connectivity index (χ0) is 15.8. The smallest absolute Gasteiger partial charge is 0.0787 e. The zero-order valence-corrected chi connectivity index (χ0v) is 14.5. The summed E-state index contributed by atoms with van der Waals surface area (Å²) in [5, 5.41) is 8.00. The Bertz CT molecular complexity index is 478. The zero-order valence-electron chi connectivity index (χ0n) is 14.5. The molecule has 5 heteroatoms. The number of likely N-dealkylation sites (N-methyl/N-ethyl adjacent to an activating group) is 1. The minimum absolute atomic E-state index is 0.0525. The molecule has 120 valence electrons.